The molecule has 112 valence electrons. The number of benzene rings is 2. The Labute approximate surface area is 130 Å². The van der Waals surface area contributed by atoms with Crippen LogP contribution in [0.25, 0.3) is 0 Å². The lowest BCUT2D eigenvalue weighted by Crippen LogP contribution is -2.26. The first kappa shape index (κ1) is 15.8. The first-order valence-electron chi connectivity index (χ1n) is 6.49. The third-order valence-electron chi connectivity index (χ3n) is 3.23. The summed E-state index contributed by atoms with van der Waals surface area (Å²) in [7, 11) is -3.57. The van der Waals surface area contributed by atoms with Crippen molar-refractivity contribution in [1.29, 1.82) is 0 Å². The number of anilines is 1. The standard InChI is InChI=1S/C15H17ClN2O2S/c1-11-4-2-3-5-12(11)8-9-18-21(19,20)13-6-7-15(17)14(16)10-13/h2-7,10,18H,8-9,17H2,1H3. The van der Waals surface area contributed by atoms with Crippen molar-refractivity contribution in [3.8, 4) is 0 Å². The lowest BCUT2D eigenvalue weighted by molar-refractivity contribution is 0.581. The summed E-state index contributed by atoms with van der Waals surface area (Å²) in [6.07, 6.45) is 0.634. The van der Waals surface area contributed by atoms with Crippen LogP contribution in [0.15, 0.2) is 47.4 Å². The van der Waals surface area contributed by atoms with Gasteiger partial charge in [-0.3, -0.25) is 0 Å². The van der Waals surface area contributed by atoms with E-state index >= 15 is 0 Å². The molecule has 21 heavy (non-hydrogen) atoms. The zero-order valence-corrected chi connectivity index (χ0v) is 13.2. The van der Waals surface area contributed by atoms with Crippen LogP contribution in [0, 0.1) is 6.92 Å². The zero-order valence-electron chi connectivity index (χ0n) is 11.6. The zero-order chi connectivity index (χ0) is 15.5. The van der Waals surface area contributed by atoms with E-state index in [0.717, 1.165) is 11.1 Å². The van der Waals surface area contributed by atoms with Crippen LogP contribution in [0.4, 0.5) is 5.69 Å². The third kappa shape index (κ3) is 3.97. The molecule has 0 aromatic heterocycles. The van der Waals surface area contributed by atoms with E-state index in [4.69, 9.17) is 17.3 Å². The third-order valence-corrected chi connectivity index (χ3v) is 5.02. The highest BCUT2D eigenvalue weighted by Crippen LogP contribution is 2.22. The minimum Gasteiger partial charge on any atom is -0.398 e. The van der Waals surface area contributed by atoms with Gasteiger partial charge in [-0.25, -0.2) is 13.1 Å². The summed E-state index contributed by atoms with van der Waals surface area (Å²) >= 11 is 5.85. The minimum absolute atomic E-state index is 0.117. The summed E-state index contributed by atoms with van der Waals surface area (Å²) in [5.74, 6) is 0. The maximum absolute atomic E-state index is 12.2. The Morgan fingerprint density at radius 2 is 1.90 bits per heavy atom. The Bertz CT molecular complexity index is 745. The molecule has 6 heteroatoms. The molecule has 0 saturated heterocycles. The van der Waals surface area contributed by atoms with Crippen molar-refractivity contribution in [2.75, 3.05) is 12.3 Å². The van der Waals surface area contributed by atoms with Crippen LogP contribution in [0.5, 0.6) is 0 Å². The number of hydrogen-bond acceptors (Lipinski definition) is 3. The van der Waals surface area contributed by atoms with E-state index in [1.54, 1.807) is 0 Å². The number of halogens is 1. The summed E-state index contributed by atoms with van der Waals surface area (Å²) < 4.78 is 26.9. The molecule has 0 fully saturated rings. The molecule has 0 aliphatic carbocycles. The fraction of sp³-hybridized carbons (Fsp3) is 0.200. The van der Waals surface area contributed by atoms with E-state index in [0.29, 0.717) is 18.7 Å². The molecule has 2 aromatic carbocycles. The molecule has 0 heterocycles. The van der Waals surface area contributed by atoms with Gasteiger partial charge in [-0.1, -0.05) is 35.9 Å². The predicted molar refractivity (Wildman–Crippen MR) is 85.9 cm³/mol. The van der Waals surface area contributed by atoms with Crippen molar-refractivity contribution in [2.45, 2.75) is 18.2 Å². The van der Waals surface area contributed by atoms with E-state index in [2.05, 4.69) is 4.72 Å². The van der Waals surface area contributed by atoms with Gasteiger partial charge in [0.15, 0.2) is 0 Å². The van der Waals surface area contributed by atoms with Crippen molar-refractivity contribution in [3.63, 3.8) is 0 Å². The molecule has 0 spiro atoms. The van der Waals surface area contributed by atoms with E-state index in [9.17, 15) is 8.42 Å². The van der Waals surface area contributed by atoms with Gasteiger partial charge in [0.2, 0.25) is 10.0 Å². The second-order valence-electron chi connectivity index (χ2n) is 4.76. The van der Waals surface area contributed by atoms with Gasteiger partial charge in [0.1, 0.15) is 0 Å². The maximum atomic E-state index is 12.2. The van der Waals surface area contributed by atoms with Gasteiger partial charge in [0.25, 0.3) is 0 Å². The van der Waals surface area contributed by atoms with Crippen LogP contribution in [0.3, 0.4) is 0 Å². The monoisotopic (exact) mass is 324 g/mol. The largest absolute Gasteiger partial charge is 0.398 e. The molecule has 0 aliphatic rings. The van der Waals surface area contributed by atoms with Crippen LogP contribution in [0.2, 0.25) is 5.02 Å². The molecular formula is C15H17ClN2O2S. The van der Waals surface area contributed by atoms with Gasteiger partial charge in [0, 0.05) is 6.54 Å². The Morgan fingerprint density at radius 3 is 2.57 bits per heavy atom. The molecule has 3 N–H and O–H groups in total. The van der Waals surface area contributed by atoms with Gasteiger partial charge in [-0.05, 0) is 42.7 Å². The van der Waals surface area contributed by atoms with Crippen LogP contribution in [-0.2, 0) is 16.4 Å². The molecule has 4 nitrogen and oxygen atoms in total. The molecule has 0 unspecified atom stereocenters. The van der Waals surface area contributed by atoms with E-state index in [-0.39, 0.29) is 9.92 Å². The Morgan fingerprint density at radius 1 is 1.19 bits per heavy atom. The average molecular weight is 325 g/mol. The molecule has 0 aliphatic heterocycles. The maximum Gasteiger partial charge on any atom is 0.240 e. The van der Waals surface area contributed by atoms with Gasteiger partial charge in [0.05, 0.1) is 15.6 Å². The Balaban J connectivity index is 2.05. The number of nitrogens with two attached hydrogens (primary N) is 1. The molecule has 0 amide bonds. The highest BCUT2D eigenvalue weighted by Gasteiger charge is 2.14. The molecule has 0 saturated carbocycles. The number of aryl methyl sites for hydroxylation is 1. The summed E-state index contributed by atoms with van der Waals surface area (Å²) in [6.45, 7) is 2.33. The van der Waals surface area contributed by atoms with E-state index in [1.165, 1.54) is 18.2 Å². The topological polar surface area (TPSA) is 72.2 Å². The van der Waals surface area contributed by atoms with E-state index < -0.39 is 10.0 Å². The van der Waals surface area contributed by atoms with Crippen molar-refractivity contribution in [1.82, 2.24) is 4.72 Å². The fourth-order valence-corrected chi connectivity index (χ4v) is 3.27. The Kier molecular flexibility index (Phi) is 4.88. The smallest absolute Gasteiger partial charge is 0.240 e. The second-order valence-corrected chi connectivity index (χ2v) is 6.93. The molecule has 2 aromatic rings. The first-order chi connectivity index (χ1) is 9.90. The van der Waals surface area contributed by atoms with Crippen molar-refractivity contribution >= 4 is 27.3 Å². The fourth-order valence-electron chi connectivity index (χ4n) is 1.97. The number of nitrogen functional groups attached to an aromatic ring is 1. The predicted octanol–water partition coefficient (Wildman–Crippen LogP) is 2.75. The van der Waals surface area contributed by atoms with Crippen LogP contribution < -0.4 is 10.5 Å². The normalized spacial score (nSPS) is 11.5. The summed E-state index contributed by atoms with van der Waals surface area (Å²) in [4.78, 5) is 0.117. The number of sulfonamides is 1. The summed E-state index contributed by atoms with van der Waals surface area (Å²) in [6, 6.07) is 12.2. The van der Waals surface area contributed by atoms with Crippen molar-refractivity contribution in [2.24, 2.45) is 0 Å². The summed E-state index contributed by atoms with van der Waals surface area (Å²) in [5.41, 5.74) is 8.20. The number of rotatable bonds is 5. The highest BCUT2D eigenvalue weighted by atomic mass is 35.5. The van der Waals surface area contributed by atoms with Crippen molar-refractivity contribution < 1.29 is 8.42 Å². The number of nitrogens with one attached hydrogen (secondary N) is 1. The van der Waals surface area contributed by atoms with Crippen molar-refractivity contribution in [3.05, 3.63) is 58.6 Å². The molecular weight excluding hydrogens is 308 g/mol. The molecule has 2 rings (SSSR count). The van der Waals surface area contributed by atoms with E-state index in [1.807, 2.05) is 31.2 Å². The van der Waals surface area contributed by atoms with Gasteiger partial charge in [-0.2, -0.15) is 0 Å². The molecule has 0 atom stereocenters. The average Bonchev–Trinajstić information content (AvgIpc) is 2.44. The lowest BCUT2D eigenvalue weighted by atomic mass is 10.1. The number of hydrogen-bond donors (Lipinski definition) is 2. The SMILES string of the molecule is Cc1ccccc1CCNS(=O)(=O)c1ccc(N)c(Cl)c1. The van der Waals surface area contributed by atoms with Gasteiger partial charge in [-0.15, -0.1) is 0 Å². The Hall–Kier alpha value is -1.56. The van der Waals surface area contributed by atoms with Gasteiger partial charge >= 0.3 is 0 Å². The van der Waals surface area contributed by atoms with Crippen LogP contribution in [0.1, 0.15) is 11.1 Å². The molecule has 0 bridgehead atoms. The summed E-state index contributed by atoms with van der Waals surface area (Å²) in [5, 5.41) is 0.233. The lowest BCUT2D eigenvalue weighted by Gasteiger charge is -2.09. The first-order valence-corrected chi connectivity index (χ1v) is 8.35. The molecule has 0 radical (unpaired) electrons. The van der Waals surface area contributed by atoms with Crippen LogP contribution >= 0.6 is 11.6 Å². The minimum atomic E-state index is -3.57. The second kappa shape index (κ2) is 6.47. The quantitative estimate of drug-likeness (QED) is 0.831. The van der Waals surface area contributed by atoms with Gasteiger partial charge < -0.3 is 5.73 Å². The highest BCUT2D eigenvalue weighted by molar-refractivity contribution is 7.89. The van der Waals surface area contributed by atoms with Crippen LogP contribution in [-0.4, -0.2) is 15.0 Å².